The Morgan fingerprint density at radius 2 is 1.85 bits per heavy atom. The van der Waals surface area contributed by atoms with Gasteiger partial charge >= 0.3 is 6.03 Å². The van der Waals surface area contributed by atoms with Crippen LogP contribution in [0.1, 0.15) is 28.8 Å². The van der Waals surface area contributed by atoms with E-state index in [1.54, 1.807) is 4.90 Å². The van der Waals surface area contributed by atoms with Gasteiger partial charge in [0.1, 0.15) is 11.6 Å². The van der Waals surface area contributed by atoms with Crippen LogP contribution in [-0.4, -0.2) is 39.9 Å². The molecule has 170 valence electrons. The highest BCUT2D eigenvalue weighted by atomic mass is 19.1. The standard InChI is InChI=1S/C23H24FN7O2/c24-18-9-8-16(28-23(33)31-10-4-5-11-31)12-19(18)29-22-27-14-17(20(25)32)21(30-22)26-13-15-6-2-1-3-7-15/h1-3,6-9,12,14H,4-5,10-11,13H2,(H2,25,32)(H,28,33)(H2,26,27,29,30). The van der Waals surface area contributed by atoms with Crippen molar-refractivity contribution in [3.05, 3.63) is 71.7 Å². The first-order chi connectivity index (χ1) is 16.0. The van der Waals surface area contributed by atoms with E-state index in [-0.39, 0.29) is 29.0 Å². The van der Waals surface area contributed by atoms with E-state index < -0.39 is 11.7 Å². The van der Waals surface area contributed by atoms with Crippen LogP contribution in [-0.2, 0) is 6.54 Å². The predicted octanol–water partition coefficient (Wildman–Crippen LogP) is 3.70. The Labute approximate surface area is 190 Å². The second-order valence-electron chi connectivity index (χ2n) is 7.60. The van der Waals surface area contributed by atoms with Crippen LogP contribution in [0.3, 0.4) is 0 Å². The molecule has 0 bridgehead atoms. The number of benzene rings is 2. The van der Waals surface area contributed by atoms with Crippen molar-refractivity contribution in [3.63, 3.8) is 0 Å². The number of nitrogens with two attached hydrogens (primary N) is 1. The van der Waals surface area contributed by atoms with Crippen molar-refractivity contribution in [3.8, 4) is 0 Å². The summed E-state index contributed by atoms with van der Waals surface area (Å²) in [5.74, 6) is -0.939. The molecule has 10 heteroatoms. The number of amides is 3. The number of nitrogens with one attached hydrogen (secondary N) is 3. The lowest BCUT2D eigenvalue weighted by Gasteiger charge is -2.17. The average Bonchev–Trinajstić information content (AvgIpc) is 3.36. The Kier molecular flexibility index (Phi) is 6.63. The molecule has 1 aliphatic heterocycles. The van der Waals surface area contributed by atoms with Crippen LogP contribution in [0.15, 0.2) is 54.7 Å². The highest BCUT2D eigenvalue weighted by molar-refractivity contribution is 5.97. The molecule has 0 spiro atoms. The van der Waals surface area contributed by atoms with Gasteiger partial charge in [0.2, 0.25) is 5.95 Å². The Balaban J connectivity index is 1.51. The van der Waals surface area contributed by atoms with Gasteiger partial charge in [0.05, 0.1) is 11.3 Å². The van der Waals surface area contributed by atoms with Gasteiger partial charge in [-0.25, -0.2) is 14.2 Å². The van der Waals surface area contributed by atoms with Crippen LogP contribution in [0.25, 0.3) is 0 Å². The Morgan fingerprint density at radius 3 is 2.58 bits per heavy atom. The number of carbonyl (C=O) groups excluding carboxylic acids is 2. The third-order valence-corrected chi connectivity index (χ3v) is 5.21. The van der Waals surface area contributed by atoms with Gasteiger partial charge in [-0.3, -0.25) is 4.79 Å². The number of primary amides is 1. The zero-order valence-corrected chi connectivity index (χ0v) is 17.8. The van der Waals surface area contributed by atoms with E-state index >= 15 is 0 Å². The molecular weight excluding hydrogens is 425 g/mol. The first-order valence-corrected chi connectivity index (χ1v) is 10.6. The molecule has 0 aliphatic carbocycles. The molecule has 1 saturated heterocycles. The van der Waals surface area contributed by atoms with E-state index in [0.717, 1.165) is 18.4 Å². The summed E-state index contributed by atoms with van der Waals surface area (Å²) < 4.78 is 14.4. The molecule has 33 heavy (non-hydrogen) atoms. The Morgan fingerprint density at radius 1 is 1.09 bits per heavy atom. The first-order valence-electron chi connectivity index (χ1n) is 10.6. The van der Waals surface area contributed by atoms with Crippen LogP contribution in [0.4, 0.5) is 32.3 Å². The van der Waals surface area contributed by atoms with E-state index in [1.807, 2.05) is 30.3 Å². The van der Waals surface area contributed by atoms with Crippen molar-refractivity contribution in [2.75, 3.05) is 29.0 Å². The van der Waals surface area contributed by atoms with Gasteiger partial charge in [0.15, 0.2) is 0 Å². The number of urea groups is 1. The summed E-state index contributed by atoms with van der Waals surface area (Å²) in [6.07, 6.45) is 3.23. The maximum atomic E-state index is 14.4. The van der Waals surface area contributed by atoms with Crippen molar-refractivity contribution in [1.82, 2.24) is 14.9 Å². The van der Waals surface area contributed by atoms with Crippen molar-refractivity contribution in [1.29, 1.82) is 0 Å². The second-order valence-corrected chi connectivity index (χ2v) is 7.60. The smallest absolute Gasteiger partial charge is 0.321 e. The highest BCUT2D eigenvalue weighted by Gasteiger charge is 2.18. The fourth-order valence-electron chi connectivity index (χ4n) is 3.48. The number of likely N-dealkylation sites (tertiary alicyclic amines) is 1. The fraction of sp³-hybridized carbons (Fsp3) is 0.217. The van der Waals surface area contributed by atoms with Gasteiger partial charge in [0.25, 0.3) is 5.91 Å². The van der Waals surface area contributed by atoms with E-state index in [9.17, 15) is 14.0 Å². The third-order valence-electron chi connectivity index (χ3n) is 5.21. The lowest BCUT2D eigenvalue weighted by Crippen LogP contribution is -2.32. The summed E-state index contributed by atoms with van der Waals surface area (Å²) in [7, 11) is 0. The quantitative estimate of drug-likeness (QED) is 0.436. The van der Waals surface area contributed by atoms with Crippen molar-refractivity contribution in [2.24, 2.45) is 5.73 Å². The van der Waals surface area contributed by atoms with Gasteiger partial charge in [0, 0.05) is 31.5 Å². The van der Waals surface area contributed by atoms with E-state index in [0.29, 0.717) is 25.3 Å². The topological polar surface area (TPSA) is 125 Å². The van der Waals surface area contributed by atoms with Gasteiger partial charge in [-0.05, 0) is 36.6 Å². The summed E-state index contributed by atoms with van der Waals surface area (Å²) in [6, 6.07) is 13.5. The summed E-state index contributed by atoms with van der Waals surface area (Å²) in [5.41, 5.74) is 7.06. The maximum absolute atomic E-state index is 14.4. The minimum Gasteiger partial charge on any atom is -0.365 e. The average molecular weight is 449 g/mol. The largest absolute Gasteiger partial charge is 0.365 e. The first kappa shape index (κ1) is 22.0. The molecule has 0 atom stereocenters. The number of nitrogens with zero attached hydrogens (tertiary/aromatic N) is 3. The van der Waals surface area contributed by atoms with E-state index in [1.165, 1.54) is 24.4 Å². The number of aromatic nitrogens is 2. The van der Waals surface area contributed by atoms with Crippen LogP contribution < -0.4 is 21.7 Å². The van der Waals surface area contributed by atoms with Crippen molar-refractivity contribution in [2.45, 2.75) is 19.4 Å². The van der Waals surface area contributed by atoms with Crippen LogP contribution in [0.2, 0.25) is 0 Å². The van der Waals surface area contributed by atoms with Gasteiger partial charge < -0.3 is 26.6 Å². The Bertz CT molecular complexity index is 1150. The molecule has 2 aromatic carbocycles. The number of hydrogen-bond donors (Lipinski definition) is 4. The summed E-state index contributed by atoms with van der Waals surface area (Å²) in [4.78, 5) is 34.2. The molecule has 0 unspecified atom stereocenters. The number of rotatable bonds is 7. The van der Waals surface area contributed by atoms with Crippen molar-refractivity contribution >= 4 is 35.1 Å². The Hall–Kier alpha value is -4.21. The minimum absolute atomic E-state index is 0.0671. The summed E-state index contributed by atoms with van der Waals surface area (Å²) in [5, 5.41) is 8.66. The SMILES string of the molecule is NC(=O)c1cnc(Nc2cc(NC(=O)N3CCCC3)ccc2F)nc1NCc1ccccc1. The molecular formula is C23H24FN7O2. The molecule has 1 aliphatic rings. The molecule has 0 radical (unpaired) electrons. The number of carbonyl (C=O) groups is 2. The van der Waals surface area contributed by atoms with Gasteiger partial charge in [-0.2, -0.15) is 4.98 Å². The molecule has 1 aromatic heterocycles. The molecule has 0 saturated carbocycles. The van der Waals surface area contributed by atoms with Crippen LogP contribution in [0.5, 0.6) is 0 Å². The minimum atomic E-state index is -0.685. The number of hydrogen-bond acceptors (Lipinski definition) is 6. The molecule has 3 amide bonds. The normalized spacial score (nSPS) is 12.9. The van der Waals surface area contributed by atoms with Crippen LogP contribution in [0, 0.1) is 5.82 Å². The fourth-order valence-corrected chi connectivity index (χ4v) is 3.48. The molecule has 3 aromatic rings. The zero-order chi connectivity index (χ0) is 23.2. The molecule has 4 rings (SSSR count). The lowest BCUT2D eigenvalue weighted by atomic mass is 10.2. The van der Waals surface area contributed by atoms with Gasteiger partial charge in [-0.15, -0.1) is 0 Å². The molecule has 1 fully saturated rings. The number of halogens is 1. The molecule has 9 nitrogen and oxygen atoms in total. The molecule has 5 N–H and O–H groups in total. The van der Waals surface area contributed by atoms with Crippen LogP contribution >= 0.6 is 0 Å². The number of anilines is 4. The third kappa shape index (κ3) is 5.53. The van der Waals surface area contributed by atoms with Gasteiger partial charge in [-0.1, -0.05) is 30.3 Å². The van der Waals surface area contributed by atoms with E-state index in [2.05, 4.69) is 25.9 Å². The highest BCUT2D eigenvalue weighted by Crippen LogP contribution is 2.24. The second kappa shape index (κ2) is 9.94. The summed E-state index contributed by atoms with van der Waals surface area (Å²) >= 11 is 0. The lowest BCUT2D eigenvalue weighted by molar-refractivity contribution is 0.100. The monoisotopic (exact) mass is 449 g/mol. The predicted molar refractivity (Wildman–Crippen MR) is 124 cm³/mol. The molecule has 2 heterocycles. The maximum Gasteiger partial charge on any atom is 0.321 e. The van der Waals surface area contributed by atoms with Crippen molar-refractivity contribution < 1.29 is 14.0 Å². The zero-order valence-electron chi connectivity index (χ0n) is 17.8. The van der Waals surface area contributed by atoms with E-state index in [4.69, 9.17) is 5.73 Å². The summed E-state index contributed by atoms with van der Waals surface area (Å²) in [6.45, 7) is 1.82.